The van der Waals surface area contributed by atoms with Crippen molar-refractivity contribution < 1.29 is 19.5 Å². The number of carbonyl (C=O) groups excluding carboxylic acids is 2. The number of nitrogens with one attached hydrogen (secondary N) is 1. The monoisotopic (exact) mass is 254 g/mol. The molecule has 18 heavy (non-hydrogen) atoms. The molecule has 0 saturated carbocycles. The molecule has 2 heterocycles. The van der Waals surface area contributed by atoms with Gasteiger partial charge in [0.25, 0.3) is 0 Å². The van der Waals surface area contributed by atoms with Gasteiger partial charge in [-0.05, 0) is 18.8 Å². The number of aliphatic carboxylic acids is 1. The normalized spacial score (nSPS) is 28.0. The molecule has 2 amide bonds. The number of carboxylic acids is 1. The van der Waals surface area contributed by atoms with Crippen molar-refractivity contribution in [2.45, 2.75) is 25.7 Å². The Hall–Kier alpha value is -1.59. The van der Waals surface area contributed by atoms with Crippen LogP contribution >= 0.6 is 0 Å². The quantitative estimate of drug-likeness (QED) is 0.732. The molecular formula is C12H18N2O4. The Morgan fingerprint density at radius 1 is 1.44 bits per heavy atom. The van der Waals surface area contributed by atoms with Crippen LogP contribution in [0.25, 0.3) is 0 Å². The summed E-state index contributed by atoms with van der Waals surface area (Å²) >= 11 is 0. The minimum absolute atomic E-state index is 0.0107. The first-order valence-electron chi connectivity index (χ1n) is 6.33. The van der Waals surface area contributed by atoms with Crippen LogP contribution in [0.2, 0.25) is 0 Å². The Kier molecular flexibility index (Phi) is 3.84. The van der Waals surface area contributed by atoms with Crippen molar-refractivity contribution >= 4 is 17.8 Å². The van der Waals surface area contributed by atoms with Crippen molar-refractivity contribution in [3.63, 3.8) is 0 Å². The van der Waals surface area contributed by atoms with Gasteiger partial charge in [-0.2, -0.15) is 0 Å². The Balaban J connectivity index is 1.90. The molecule has 0 aromatic heterocycles. The molecule has 100 valence electrons. The molecule has 0 radical (unpaired) electrons. The van der Waals surface area contributed by atoms with E-state index in [0.717, 1.165) is 12.8 Å². The fourth-order valence-corrected chi connectivity index (χ4v) is 2.72. The van der Waals surface area contributed by atoms with Crippen molar-refractivity contribution in [2.24, 2.45) is 11.8 Å². The van der Waals surface area contributed by atoms with Crippen LogP contribution in [0.4, 0.5) is 0 Å². The van der Waals surface area contributed by atoms with Crippen LogP contribution in [0.1, 0.15) is 25.7 Å². The third-order valence-corrected chi connectivity index (χ3v) is 3.62. The van der Waals surface area contributed by atoms with Crippen LogP contribution in [-0.4, -0.2) is 47.4 Å². The molecule has 2 fully saturated rings. The van der Waals surface area contributed by atoms with Gasteiger partial charge in [-0.15, -0.1) is 0 Å². The fourth-order valence-electron chi connectivity index (χ4n) is 2.72. The average Bonchev–Trinajstić information content (AvgIpc) is 2.74. The highest BCUT2D eigenvalue weighted by Gasteiger charge is 2.33. The lowest BCUT2D eigenvalue weighted by Crippen LogP contribution is -2.43. The van der Waals surface area contributed by atoms with Crippen molar-refractivity contribution in [3.05, 3.63) is 0 Å². The van der Waals surface area contributed by atoms with Crippen molar-refractivity contribution in [1.29, 1.82) is 0 Å². The van der Waals surface area contributed by atoms with Crippen LogP contribution in [0, 0.1) is 11.8 Å². The Bertz CT molecular complexity index is 369. The number of nitrogens with zero attached hydrogens (tertiary/aromatic N) is 1. The lowest BCUT2D eigenvalue weighted by molar-refractivity contribution is -0.142. The van der Waals surface area contributed by atoms with Gasteiger partial charge in [0.2, 0.25) is 11.8 Å². The molecule has 0 bridgehead atoms. The predicted octanol–water partition coefficient (Wildman–Crippen LogP) is -0.164. The second kappa shape index (κ2) is 5.37. The minimum atomic E-state index is -0.813. The number of likely N-dealkylation sites (tertiary alicyclic amines) is 1. The van der Waals surface area contributed by atoms with Gasteiger partial charge >= 0.3 is 5.97 Å². The second-order valence-electron chi connectivity index (χ2n) is 5.10. The molecule has 6 nitrogen and oxygen atoms in total. The van der Waals surface area contributed by atoms with E-state index in [1.54, 1.807) is 4.90 Å². The number of hydrogen-bond donors (Lipinski definition) is 2. The second-order valence-corrected chi connectivity index (χ2v) is 5.10. The van der Waals surface area contributed by atoms with E-state index >= 15 is 0 Å². The van der Waals surface area contributed by atoms with E-state index in [1.807, 2.05) is 0 Å². The lowest BCUT2D eigenvalue weighted by atomic mass is 9.93. The van der Waals surface area contributed by atoms with Gasteiger partial charge < -0.3 is 15.3 Å². The number of carbonyl (C=O) groups is 3. The molecule has 2 rings (SSSR count). The van der Waals surface area contributed by atoms with E-state index < -0.39 is 5.97 Å². The van der Waals surface area contributed by atoms with Gasteiger partial charge in [0.05, 0.1) is 5.92 Å². The number of hydrogen-bond acceptors (Lipinski definition) is 3. The largest absolute Gasteiger partial charge is 0.481 e. The molecule has 6 heteroatoms. The Morgan fingerprint density at radius 2 is 2.22 bits per heavy atom. The molecule has 0 aromatic carbocycles. The number of piperidine rings is 1. The molecule has 0 aliphatic carbocycles. The zero-order valence-electron chi connectivity index (χ0n) is 10.2. The Labute approximate surface area is 105 Å². The highest BCUT2D eigenvalue weighted by Crippen LogP contribution is 2.22. The zero-order chi connectivity index (χ0) is 13.1. The third kappa shape index (κ3) is 3.00. The summed E-state index contributed by atoms with van der Waals surface area (Å²) < 4.78 is 0. The molecular weight excluding hydrogens is 236 g/mol. The predicted molar refractivity (Wildman–Crippen MR) is 62.7 cm³/mol. The van der Waals surface area contributed by atoms with Crippen molar-refractivity contribution in [3.8, 4) is 0 Å². The molecule has 2 saturated heterocycles. The molecule has 0 aromatic rings. The van der Waals surface area contributed by atoms with Crippen LogP contribution in [0.5, 0.6) is 0 Å². The molecule has 2 aliphatic heterocycles. The van der Waals surface area contributed by atoms with Crippen molar-refractivity contribution in [2.75, 3.05) is 19.6 Å². The van der Waals surface area contributed by atoms with E-state index in [2.05, 4.69) is 5.32 Å². The molecule has 2 N–H and O–H groups in total. The minimum Gasteiger partial charge on any atom is -0.481 e. The van der Waals surface area contributed by atoms with Crippen LogP contribution < -0.4 is 5.32 Å². The maximum absolute atomic E-state index is 12.2. The van der Waals surface area contributed by atoms with E-state index in [1.165, 1.54) is 0 Å². The van der Waals surface area contributed by atoms with Gasteiger partial charge in [-0.1, -0.05) is 0 Å². The van der Waals surface area contributed by atoms with E-state index in [9.17, 15) is 14.4 Å². The molecule has 2 aliphatic rings. The molecule has 0 spiro atoms. The number of amides is 2. The fraction of sp³-hybridized carbons (Fsp3) is 0.750. The van der Waals surface area contributed by atoms with Crippen LogP contribution in [-0.2, 0) is 14.4 Å². The first-order chi connectivity index (χ1) is 8.56. The summed E-state index contributed by atoms with van der Waals surface area (Å²) in [6.45, 7) is 1.60. The topological polar surface area (TPSA) is 86.7 Å². The maximum atomic E-state index is 12.2. The van der Waals surface area contributed by atoms with E-state index in [-0.39, 0.29) is 36.5 Å². The third-order valence-electron chi connectivity index (χ3n) is 3.62. The van der Waals surface area contributed by atoms with Gasteiger partial charge in [-0.25, -0.2) is 0 Å². The standard InChI is InChI=1S/C12H18N2O4/c15-10-5-9(6-13-10)12(18)14-3-1-2-8(7-14)4-11(16)17/h8-9H,1-7H2,(H,13,15)(H,16,17). The summed E-state index contributed by atoms with van der Waals surface area (Å²) in [6.07, 6.45) is 2.08. The molecule has 2 unspecified atom stereocenters. The highest BCUT2D eigenvalue weighted by molar-refractivity contribution is 5.89. The maximum Gasteiger partial charge on any atom is 0.303 e. The average molecular weight is 254 g/mol. The molecule has 2 atom stereocenters. The number of carboxylic acid groups (broad SMARTS) is 1. The van der Waals surface area contributed by atoms with E-state index in [0.29, 0.717) is 19.6 Å². The van der Waals surface area contributed by atoms with Gasteiger partial charge in [0, 0.05) is 32.5 Å². The van der Waals surface area contributed by atoms with Gasteiger partial charge in [-0.3, -0.25) is 14.4 Å². The summed E-state index contributed by atoms with van der Waals surface area (Å²) in [4.78, 5) is 35.7. The summed E-state index contributed by atoms with van der Waals surface area (Å²) in [6, 6.07) is 0. The summed E-state index contributed by atoms with van der Waals surface area (Å²) in [7, 11) is 0. The smallest absolute Gasteiger partial charge is 0.303 e. The van der Waals surface area contributed by atoms with Gasteiger partial charge in [0.15, 0.2) is 0 Å². The zero-order valence-corrected chi connectivity index (χ0v) is 10.2. The number of rotatable bonds is 3. The highest BCUT2D eigenvalue weighted by atomic mass is 16.4. The SMILES string of the molecule is O=C(O)CC1CCCN(C(=O)C2CNC(=O)C2)C1. The van der Waals surface area contributed by atoms with Gasteiger partial charge in [0.1, 0.15) is 0 Å². The summed E-state index contributed by atoms with van der Waals surface area (Å²) in [5, 5.41) is 11.4. The van der Waals surface area contributed by atoms with Crippen molar-refractivity contribution in [1.82, 2.24) is 10.2 Å². The van der Waals surface area contributed by atoms with Crippen LogP contribution in [0.15, 0.2) is 0 Å². The first kappa shape index (κ1) is 12.9. The summed E-state index contributed by atoms with van der Waals surface area (Å²) in [5.41, 5.74) is 0. The van der Waals surface area contributed by atoms with E-state index in [4.69, 9.17) is 5.11 Å². The summed E-state index contributed by atoms with van der Waals surface area (Å²) in [5.74, 6) is -1.12. The first-order valence-corrected chi connectivity index (χ1v) is 6.33. The van der Waals surface area contributed by atoms with Crippen LogP contribution in [0.3, 0.4) is 0 Å². The lowest BCUT2D eigenvalue weighted by Gasteiger charge is -2.33. The Morgan fingerprint density at radius 3 is 2.83 bits per heavy atom.